The van der Waals surface area contributed by atoms with Gasteiger partial charge in [0.25, 0.3) is 0 Å². The van der Waals surface area contributed by atoms with E-state index < -0.39 is 17.8 Å². The molecule has 20 heavy (non-hydrogen) atoms. The van der Waals surface area contributed by atoms with E-state index in [2.05, 4.69) is 21.2 Å². The zero-order valence-electron chi connectivity index (χ0n) is 11.5. The zero-order valence-corrected chi connectivity index (χ0v) is 13.1. The molecule has 1 aromatic rings. The molecule has 0 radical (unpaired) electrons. The lowest BCUT2D eigenvalue weighted by atomic mass is 9.94. The second-order valence-corrected chi connectivity index (χ2v) is 6.04. The standard InChI is InChI=1S/C15H19BrFNO2/c1-20-15(19)14(18-11-5-3-2-4-6-11)12-9-10(16)7-8-13(12)17/h7-9,11,14,18H,2-6H2,1H3. The lowest BCUT2D eigenvalue weighted by Gasteiger charge is -2.27. The van der Waals surface area contributed by atoms with Gasteiger partial charge in [0.05, 0.1) is 7.11 Å². The van der Waals surface area contributed by atoms with Gasteiger partial charge in [0.1, 0.15) is 11.9 Å². The molecule has 3 nitrogen and oxygen atoms in total. The molecular formula is C15H19BrFNO2. The first-order valence-corrected chi connectivity index (χ1v) is 7.70. The van der Waals surface area contributed by atoms with Crippen molar-refractivity contribution in [2.75, 3.05) is 7.11 Å². The van der Waals surface area contributed by atoms with E-state index in [0.29, 0.717) is 5.56 Å². The van der Waals surface area contributed by atoms with Gasteiger partial charge < -0.3 is 4.74 Å². The summed E-state index contributed by atoms with van der Waals surface area (Å²) in [5.41, 5.74) is 0.330. The Morgan fingerprint density at radius 1 is 1.40 bits per heavy atom. The van der Waals surface area contributed by atoms with Crippen molar-refractivity contribution >= 4 is 21.9 Å². The quantitative estimate of drug-likeness (QED) is 0.846. The second-order valence-electron chi connectivity index (χ2n) is 5.12. The van der Waals surface area contributed by atoms with E-state index in [-0.39, 0.29) is 6.04 Å². The van der Waals surface area contributed by atoms with Gasteiger partial charge in [0, 0.05) is 16.1 Å². The Balaban J connectivity index is 2.22. The first-order valence-electron chi connectivity index (χ1n) is 6.90. The molecule has 1 unspecified atom stereocenters. The van der Waals surface area contributed by atoms with E-state index in [4.69, 9.17) is 4.74 Å². The summed E-state index contributed by atoms with van der Waals surface area (Å²) in [7, 11) is 1.33. The third-order valence-corrected chi connectivity index (χ3v) is 4.21. The van der Waals surface area contributed by atoms with Crippen LogP contribution in [0.15, 0.2) is 22.7 Å². The first-order chi connectivity index (χ1) is 9.61. The molecule has 1 fully saturated rings. The molecule has 0 aromatic heterocycles. The Labute approximate surface area is 127 Å². The van der Waals surface area contributed by atoms with Crippen LogP contribution in [0.2, 0.25) is 0 Å². The van der Waals surface area contributed by atoms with Crippen molar-refractivity contribution in [3.05, 3.63) is 34.1 Å². The minimum Gasteiger partial charge on any atom is -0.468 e. The number of nitrogens with one attached hydrogen (secondary N) is 1. The minimum absolute atomic E-state index is 0.242. The van der Waals surface area contributed by atoms with Crippen molar-refractivity contribution in [2.45, 2.75) is 44.2 Å². The molecule has 1 aliphatic carbocycles. The average molecular weight is 344 g/mol. The van der Waals surface area contributed by atoms with Crippen molar-refractivity contribution in [1.82, 2.24) is 5.32 Å². The minimum atomic E-state index is -0.749. The molecular weight excluding hydrogens is 325 g/mol. The molecule has 1 aliphatic rings. The van der Waals surface area contributed by atoms with Crippen LogP contribution in [0, 0.1) is 5.82 Å². The number of hydrogen-bond acceptors (Lipinski definition) is 3. The lowest BCUT2D eigenvalue weighted by molar-refractivity contribution is -0.143. The molecule has 0 amide bonds. The molecule has 5 heteroatoms. The Kier molecular flexibility index (Phi) is 5.54. The lowest BCUT2D eigenvalue weighted by Crippen LogP contribution is -2.39. The van der Waals surface area contributed by atoms with Crippen molar-refractivity contribution in [3.63, 3.8) is 0 Å². The monoisotopic (exact) mass is 343 g/mol. The normalized spacial score (nSPS) is 17.8. The summed E-state index contributed by atoms with van der Waals surface area (Å²) >= 11 is 3.31. The second kappa shape index (κ2) is 7.18. The SMILES string of the molecule is COC(=O)C(NC1CCCCC1)c1cc(Br)ccc1F. The molecule has 1 saturated carbocycles. The van der Waals surface area contributed by atoms with Crippen LogP contribution in [0.1, 0.15) is 43.7 Å². The van der Waals surface area contributed by atoms with Crippen LogP contribution in [0.4, 0.5) is 4.39 Å². The number of carbonyl (C=O) groups excluding carboxylic acids is 1. The number of esters is 1. The van der Waals surface area contributed by atoms with E-state index in [1.54, 1.807) is 12.1 Å². The molecule has 0 saturated heterocycles. The Morgan fingerprint density at radius 3 is 2.75 bits per heavy atom. The van der Waals surface area contributed by atoms with Crippen molar-refractivity contribution < 1.29 is 13.9 Å². The van der Waals surface area contributed by atoms with Gasteiger partial charge in [-0.2, -0.15) is 0 Å². The highest BCUT2D eigenvalue weighted by Crippen LogP contribution is 2.26. The smallest absolute Gasteiger partial charge is 0.327 e. The highest BCUT2D eigenvalue weighted by Gasteiger charge is 2.28. The summed E-state index contributed by atoms with van der Waals surface area (Å²) in [4.78, 5) is 12.0. The molecule has 1 atom stereocenters. The van der Waals surface area contributed by atoms with Crippen molar-refractivity contribution in [2.24, 2.45) is 0 Å². The Hall–Kier alpha value is -0.940. The summed E-state index contributed by atoms with van der Waals surface area (Å²) in [5, 5.41) is 3.26. The van der Waals surface area contributed by atoms with Crippen LogP contribution in [-0.2, 0) is 9.53 Å². The summed E-state index contributed by atoms with van der Waals surface area (Å²) in [6.07, 6.45) is 5.55. The van der Waals surface area contributed by atoms with Gasteiger partial charge in [-0.05, 0) is 31.0 Å². The molecule has 2 rings (SSSR count). The molecule has 1 N–H and O–H groups in total. The summed E-state index contributed by atoms with van der Waals surface area (Å²) in [6.45, 7) is 0. The van der Waals surface area contributed by atoms with E-state index in [9.17, 15) is 9.18 Å². The van der Waals surface area contributed by atoms with Gasteiger partial charge >= 0.3 is 5.97 Å². The number of carbonyl (C=O) groups is 1. The van der Waals surface area contributed by atoms with E-state index in [1.165, 1.54) is 19.6 Å². The summed E-state index contributed by atoms with van der Waals surface area (Å²) < 4.78 is 19.6. The van der Waals surface area contributed by atoms with Gasteiger partial charge in [-0.1, -0.05) is 35.2 Å². The fourth-order valence-electron chi connectivity index (χ4n) is 2.64. The fourth-order valence-corrected chi connectivity index (χ4v) is 3.02. The topological polar surface area (TPSA) is 38.3 Å². The zero-order chi connectivity index (χ0) is 14.5. The van der Waals surface area contributed by atoms with Gasteiger partial charge in [-0.15, -0.1) is 0 Å². The van der Waals surface area contributed by atoms with Gasteiger partial charge in [0.2, 0.25) is 0 Å². The van der Waals surface area contributed by atoms with Crippen LogP contribution in [-0.4, -0.2) is 19.1 Å². The van der Waals surface area contributed by atoms with Crippen LogP contribution in [0.25, 0.3) is 0 Å². The maximum atomic E-state index is 14.0. The molecule has 1 aromatic carbocycles. The maximum absolute atomic E-state index is 14.0. The van der Waals surface area contributed by atoms with Crippen LogP contribution in [0.5, 0.6) is 0 Å². The van der Waals surface area contributed by atoms with Crippen LogP contribution >= 0.6 is 15.9 Å². The third-order valence-electron chi connectivity index (χ3n) is 3.71. The number of methoxy groups -OCH3 is 1. The Bertz CT molecular complexity index is 475. The van der Waals surface area contributed by atoms with E-state index in [0.717, 1.165) is 30.2 Å². The molecule has 0 bridgehead atoms. The van der Waals surface area contributed by atoms with Gasteiger partial charge in [0.15, 0.2) is 0 Å². The van der Waals surface area contributed by atoms with Crippen molar-refractivity contribution in [3.8, 4) is 0 Å². The first kappa shape index (κ1) is 15.4. The molecule has 0 spiro atoms. The molecule has 0 aliphatic heterocycles. The van der Waals surface area contributed by atoms with Crippen LogP contribution < -0.4 is 5.32 Å². The number of benzene rings is 1. The highest BCUT2D eigenvalue weighted by atomic mass is 79.9. The summed E-state index contributed by atoms with van der Waals surface area (Å²) in [5.74, 6) is -0.848. The maximum Gasteiger partial charge on any atom is 0.327 e. The average Bonchev–Trinajstić information content (AvgIpc) is 2.48. The number of hydrogen-bond donors (Lipinski definition) is 1. The number of ether oxygens (including phenoxy) is 1. The van der Waals surface area contributed by atoms with Crippen LogP contribution in [0.3, 0.4) is 0 Å². The van der Waals surface area contributed by atoms with Crippen molar-refractivity contribution in [1.29, 1.82) is 0 Å². The largest absolute Gasteiger partial charge is 0.468 e. The summed E-state index contributed by atoms with van der Waals surface area (Å²) in [6, 6.07) is 4.10. The predicted molar refractivity (Wildman–Crippen MR) is 78.9 cm³/mol. The predicted octanol–water partition coefficient (Wildman–Crippen LogP) is 3.72. The third kappa shape index (κ3) is 3.79. The molecule has 0 heterocycles. The number of rotatable bonds is 4. The van der Waals surface area contributed by atoms with Gasteiger partial charge in [-0.3, -0.25) is 5.32 Å². The highest BCUT2D eigenvalue weighted by molar-refractivity contribution is 9.10. The van der Waals surface area contributed by atoms with Gasteiger partial charge in [-0.25, -0.2) is 9.18 Å². The Morgan fingerprint density at radius 2 is 2.10 bits per heavy atom. The number of halogens is 2. The van der Waals surface area contributed by atoms with E-state index >= 15 is 0 Å². The van der Waals surface area contributed by atoms with E-state index in [1.807, 2.05) is 0 Å². The fraction of sp³-hybridized carbons (Fsp3) is 0.533. The molecule has 110 valence electrons.